The number of carbonyl (C=O) groups is 2. The Kier molecular flexibility index (Phi) is 7.35. The van der Waals surface area contributed by atoms with Gasteiger partial charge in [0.2, 0.25) is 5.91 Å². The number of fused-ring (bicyclic) bond motifs is 3. The molecule has 0 bridgehead atoms. The second-order valence-electron chi connectivity index (χ2n) is 10.6. The molecule has 2 N–H and O–H groups in total. The van der Waals surface area contributed by atoms with Gasteiger partial charge in [-0.2, -0.15) is 13.2 Å². The molecule has 2 amide bonds. The summed E-state index contributed by atoms with van der Waals surface area (Å²) in [7, 11) is -3.61. The van der Waals surface area contributed by atoms with Crippen molar-refractivity contribution in [1.82, 2.24) is 15.1 Å². The minimum Gasteiger partial charge on any atom is -0.494 e. The average molecular weight is 591 g/mol. The third-order valence-electron chi connectivity index (χ3n) is 7.25. The SMILES string of the molecule is Cc1ccc(-n2nc(NC(=O)CS(C)(=O)=O)c3c2C[C@]2(CCc4cc(OCCCC(F)(F)F)ccc42)NC3=O)cc1. The van der Waals surface area contributed by atoms with E-state index in [0.29, 0.717) is 36.4 Å². The predicted molar refractivity (Wildman–Crippen MR) is 145 cm³/mol. The number of aryl methyl sites for hydroxylation is 2. The van der Waals surface area contributed by atoms with Crippen LogP contribution in [0.5, 0.6) is 5.75 Å². The minimum atomic E-state index is -4.23. The van der Waals surface area contributed by atoms with E-state index in [9.17, 15) is 31.2 Å². The van der Waals surface area contributed by atoms with Gasteiger partial charge in [0.25, 0.3) is 5.91 Å². The zero-order chi connectivity index (χ0) is 29.6. The maximum Gasteiger partial charge on any atom is 0.389 e. The predicted octanol–water partition coefficient (Wildman–Crippen LogP) is 4.01. The number of nitrogens with zero attached hydrogens (tertiary/aromatic N) is 2. The number of carbonyl (C=O) groups excluding carboxylic acids is 2. The summed E-state index contributed by atoms with van der Waals surface area (Å²) in [5, 5.41) is 10.1. The van der Waals surface area contributed by atoms with Crippen LogP contribution in [0.3, 0.4) is 0 Å². The van der Waals surface area contributed by atoms with E-state index in [0.717, 1.165) is 22.9 Å². The van der Waals surface area contributed by atoms with Gasteiger partial charge >= 0.3 is 6.18 Å². The Bertz CT molecular complexity index is 1620. The van der Waals surface area contributed by atoms with E-state index in [2.05, 4.69) is 15.7 Å². The van der Waals surface area contributed by atoms with E-state index in [1.165, 1.54) is 0 Å². The lowest BCUT2D eigenvalue weighted by Gasteiger charge is -2.36. The molecule has 41 heavy (non-hydrogen) atoms. The molecular weight excluding hydrogens is 561 g/mol. The summed E-state index contributed by atoms with van der Waals surface area (Å²) < 4.78 is 67.8. The van der Waals surface area contributed by atoms with Crippen LogP contribution in [0.4, 0.5) is 19.0 Å². The Hall–Kier alpha value is -3.87. The minimum absolute atomic E-state index is 0.0256. The standard InChI is InChI=1S/C28H29F3N4O5S/c1-17-4-6-19(7-5-17)35-22-15-27(33-26(37)24(22)25(34-35)32-23(36)16-41(2,38)39)12-10-18-14-20(8-9-21(18)27)40-13-3-11-28(29,30)31/h4-9,14H,3,10-13,15-16H2,1-2H3,(H,33,37)(H,32,34,36)/t27-/m0/s1. The maximum atomic E-state index is 13.6. The summed E-state index contributed by atoms with van der Waals surface area (Å²) in [6.45, 7) is 1.87. The van der Waals surface area contributed by atoms with Crippen LogP contribution in [0, 0.1) is 6.92 Å². The van der Waals surface area contributed by atoms with Gasteiger partial charge in [-0.25, -0.2) is 13.1 Å². The van der Waals surface area contributed by atoms with Gasteiger partial charge in [0.05, 0.1) is 23.5 Å². The van der Waals surface area contributed by atoms with Crippen molar-refractivity contribution in [3.63, 3.8) is 0 Å². The molecule has 9 nitrogen and oxygen atoms in total. The number of halogens is 3. The number of amides is 2. The Morgan fingerprint density at radius 1 is 1.20 bits per heavy atom. The van der Waals surface area contributed by atoms with Crippen molar-refractivity contribution in [2.75, 3.05) is 23.9 Å². The highest BCUT2D eigenvalue weighted by Crippen LogP contribution is 2.45. The molecule has 218 valence electrons. The van der Waals surface area contributed by atoms with E-state index in [1.807, 2.05) is 37.3 Å². The lowest BCUT2D eigenvalue weighted by atomic mass is 9.82. The molecular formula is C28H29F3N4O5S. The van der Waals surface area contributed by atoms with Gasteiger partial charge in [-0.3, -0.25) is 9.59 Å². The molecule has 2 heterocycles. The van der Waals surface area contributed by atoms with Crippen LogP contribution >= 0.6 is 0 Å². The molecule has 0 radical (unpaired) electrons. The van der Waals surface area contributed by atoms with Gasteiger partial charge in [-0.05, 0) is 61.6 Å². The van der Waals surface area contributed by atoms with E-state index in [-0.39, 0.29) is 24.4 Å². The summed E-state index contributed by atoms with van der Waals surface area (Å²) in [5.74, 6) is -1.57. The molecule has 0 saturated heterocycles. The van der Waals surface area contributed by atoms with Crippen molar-refractivity contribution in [2.24, 2.45) is 0 Å². The molecule has 0 fully saturated rings. The first-order valence-electron chi connectivity index (χ1n) is 13.0. The summed E-state index contributed by atoms with van der Waals surface area (Å²) in [4.78, 5) is 26.1. The summed E-state index contributed by atoms with van der Waals surface area (Å²) in [6, 6.07) is 12.8. The average Bonchev–Trinajstić information content (AvgIpc) is 3.39. The van der Waals surface area contributed by atoms with Crippen molar-refractivity contribution in [3.05, 3.63) is 70.4 Å². The Balaban J connectivity index is 1.46. The molecule has 5 rings (SSSR count). The van der Waals surface area contributed by atoms with Crippen LogP contribution < -0.4 is 15.4 Å². The van der Waals surface area contributed by atoms with Crippen LogP contribution in [-0.2, 0) is 33.0 Å². The first kappa shape index (κ1) is 28.7. The Labute approximate surface area is 235 Å². The first-order chi connectivity index (χ1) is 19.2. The topological polar surface area (TPSA) is 119 Å². The summed E-state index contributed by atoms with van der Waals surface area (Å²) in [5.41, 5.74) is 3.44. The highest BCUT2D eigenvalue weighted by molar-refractivity contribution is 7.91. The van der Waals surface area contributed by atoms with Gasteiger partial charge in [0, 0.05) is 19.1 Å². The number of anilines is 1. The molecule has 1 aromatic heterocycles. The normalized spacial score (nSPS) is 18.1. The molecule has 13 heteroatoms. The number of rotatable bonds is 8. The van der Waals surface area contributed by atoms with Crippen LogP contribution in [0.25, 0.3) is 5.69 Å². The van der Waals surface area contributed by atoms with Gasteiger partial charge in [0.1, 0.15) is 17.1 Å². The van der Waals surface area contributed by atoms with Gasteiger partial charge in [0.15, 0.2) is 15.7 Å². The third-order valence-corrected chi connectivity index (χ3v) is 8.03. The maximum absolute atomic E-state index is 13.6. The number of ether oxygens (including phenoxy) is 1. The zero-order valence-corrected chi connectivity index (χ0v) is 23.3. The number of sulfone groups is 1. The lowest BCUT2D eigenvalue weighted by Crippen LogP contribution is -2.50. The largest absolute Gasteiger partial charge is 0.494 e. The first-order valence-corrected chi connectivity index (χ1v) is 15.1. The number of aromatic nitrogens is 2. The van der Waals surface area contributed by atoms with Crippen molar-refractivity contribution in [3.8, 4) is 11.4 Å². The van der Waals surface area contributed by atoms with E-state index < -0.39 is 45.5 Å². The second kappa shape index (κ2) is 10.5. The lowest BCUT2D eigenvalue weighted by molar-refractivity contribution is -0.136. The zero-order valence-electron chi connectivity index (χ0n) is 22.5. The number of alkyl halides is 3. The molecule has 1 spiro atoms. The summed E-state index contributed by atoms with van der Waals surface area (Å²) in [6.07, 6.45) is -2.82. The number of hydrogen-bond donors (Lipinski definition) is 2. The fraction of sp³-hybridized carbons (Fsp3) is 0.393. The Morgan fingerprint density at radius 3 is 2.61 bits per heavy atom. The second-order valence-corrected chi connectivity index (χ2v) is 12.8. The fourth-order valence-corrected chi connectivity index (χ4v) is 6.00. The van der Waals surface area contributed by atoms with Gasteiger partial charge < -0.3 is 15.4 Å². The number of nitrogens with one attached hydrogen (secondary N) is 2. The molecule has 1 atom stereocenters. The van der Waals surface area contributed by atoms with Crippen LogP contribution in [-0.4, -0.2) is 54.8 Å². The van der Waals surface area contributed by atoms with Crippen molar-refractivity contribution in [1.29, 1.82) is 0 Å². The smallest absolute Gasteiger partial charge is 0.389 e. The Morgan fingerprint density at radius 2 is 1.93 bits per heavy atom. The van der Waals surface area contributed by atoms with E-state index in [1.54, 1.807) is 16.8 Å². The van der Waals surface area contributed by atoms with Crippen molar-refractivity contribution in [2.45, 2.75) is 50.7 Å². The molecule has 0 unspecified atom stereocenters. The third kappa shape index (κ3) is 6.24. The quantitative estimate of drug-likeness (QED) is 0.383. The fourth-order valence-electron chi connectivity index (χ4n) is 5.45. The monoisotopic (exact) mass is 590 g/mol. The number of benzene rings is 2. The van der Waals surface area contributed by atoms with E-state index in [4.69, 9.17) is 4.74 Å². The van der Waals surface area contributed by atoms with Gasteiger partial charge in [-0.15, -0.1) is 5.10 Å². The van der Waals surface area contributed by atoms with Crippen molar-refractivity contribution >= 4 is 27.5 Å². The van der Waals surface area contributed by atoms with Gasteiger partial charge in [-0.1, -0.05) is 23.8 Å². The molecule has 1 aliphatic heterocycles. The molecule has 0 saturated carbocycles. The van der Waals surface area contributed by atoms with Crippen LogP contribution in [0.2, 0.25) is 0 Å². The molecule has 1 aliphatic carbocycles. The molecule has 3 aromatic rings. The summed E-state index contributed by atoms with van der Waals surface area (Å²) >= 11 is 0. The van der Waals surface area contributed by atoms with E-state index >= 15 is 0 Å². The molecule has 2 aromatic carbocycles. The highest BCUT2D eigenvalue weighted by Gasteiger charge is 2.47. The number of hydrogen-bond acceptors (Lipinski definition) is 6. The highest BCUT2D eigenvalue weighted by atomic mass is 32.2. The molecule has 2 aliphatic rings. The van der Waals surface area contributed by atoms with Crippen LogP contribution in [0.1, 0.15) is 52.0 Å². The van der Waals surface area contributed by atoms with Crippen molar-refractivity contribution < 1.29 is 35.9 Å². The van der Waals surface area contributed by atoms with Crippen LogP contribution in [0.15, 0.2) is 42.5 Å².